The zero-order valence-electron chi connectivity index (χ0n) is 14.8. The quantitative estimate of drug-likeness (QED) is 0.844. The lowest BCUT2D eigenvalue weighted by molar-refractivity contribution is 0.0792. The first-order valence-electron chi connectivity index (χ1n) is 8.84. The molecule has 138 valence electrons. The van der Waals surface area contributed by atoms with Gasteiger partial charge in [-0.3, -0.25) is 9.78 Å². The predicted molar refractivity (Wildman–Crippen MR) is 99.2 cm³/mol. The van der Waals surface area contributed by atoms with Gasteiger partial charge in [-0.15, -0.1) is 0 Å². The van der Waals surface area contributed by atoms with E-state index in [1.807, 2.05) is 13.0 Å². The maximum atomic E-state index is 12.8. The van der Waals surface area contributed by atoms with Crippen LogP contribution in [0.2, 0.25) is 0 Å². The zero-order valence-corrected chi connectivity index (χ0v) is 15.6. The lowest BCUT2D eigenvalue weighted by Crippen LogP contribution is -2.30. The van der Waals surface area contributed by atoms with Gasteiger partial charge in [-0.25, -0.2) is 13.1 Å². The van der Waals surface area contributed by atoms with Crippen LogP contribution in [0.3, 0.4) is 0 Å². The van der Waals surface area contributed by atoms with Crippen LogP contribution in [0, 0.1) is 0 Å². The number of aromatic nitrogens is 1. The molecule has 2 aromatic rings. The van der Waals surface area contributed by atoms with Crippen molar-refractivity contribution in [3.8, 4) is 0 Å². The summed E-state index contributed by atoms with van der Waals surface area (Å²) in [5, 5.41) is 0. The van der Waals surface area contributed by atoms with Crippen LogP contribution in [0.5, 0.6) is 0 Å². The summed E-state index contributed by atoms with van der Waals surface area (Å²) in [5.74, 6) is -0.115. The third-order valence-electron chi connectivity index (χ3n) is 4.54. The monoisotopic (exact) mass is 373 g/mol. The fourth-order valence-electron chi connectivity index (χ4n) is 3.09. The number of carbonyl (C=O) groups excluding carboxylic acids is 1. The number of likely N-dealkylation sites (tertiary alicyclic amines) is 1. The minimum absolute atomic E-state index is 0.0944. The van der Waals surface area contributed by atoms with E-state index in [1.165, 1.54) is 12.1 Å². The maximum absolute atomic E-state index is 12.8. The van der Waals surface area contributed by atoms with E-state index in [0.717, 1.165) is 25.9 Å². The fourth-order valence-corrected chi connectivity index (χ4v) is 4.43. The Morgan fingerprint density at radius 3 is 2.62 bits per heavy atom. The first-order valence-corrected chi connectivity index (χ1v) is 10.3. The fraction of sp³-hybridized carbons (Fsp3) is 0.368. The number of pyridine rings is 1. The van der Waals surface area contributed by atoms with E-state index in [9.17, 15) is 13.2 Å². The molecular weight excluding hydrogens is 350 g/mol. The van der Waals surface area contributed by atoms with Gasteiger partial charge in [0.1, 0.15) is 0 Å². The van der Waals surface area contributed by atoms with Crippen molar-refractivity contribution < 1.29 is 13.2 Å². The topological polar surface area (TPSA) is 79.4 Å². The normalized spacial score (nSPS) is 15.8. The summed E-state index contributed by atoms with van der Waals surface area (Å²) in [6.07, 6.45) is 4.20. The average Bonchev–Trinajstić information content (AvgIpc) is 3.21. The molecule has 0 spiro atoms. The highest BCUT2D eigenvalue weighted by molar-refractivity contribution is 7.89. The molecule has 1 saturated heterocycles. The molecule has 1 aromatic carbocycles. The molecule has 1 fully saturated rings. The number of carbonyl (C=O) groups is 1. The number of hydrogen-bond acceptors (Lipinski definition) is 4. The van der Waals surface area contributed by atoms with Gasteiger partial charge < -0.3 is 4.90 Å². The van der Waals surface area contributed by atoms with Crippen LogP contribution in [0.1, 0.15) is 48.3 Å². The second kappa shape index (κ2) is 7.97. The van der Waals surface area contributed by atoms with Crippen LogP contribution in [-0.4, -0.2) is 37.3 Å². The molecule has 0 bridgehead atoms. The molecule has 1 N–H and O–H groups in total. The van der Waals surface area contributed by atoms with E-state index in [4.69, 9.17) is 0 Å². The number of nitrogens with one attached hydrogen (secondary N) is 1. The summed E-state index contributed by atoms with van der Waals surface area (Å²) < 4.78 is 28.3. The van der Waals surface area contributed by atoms with E-state index in [0.29, 0.717) is 17.7 Å². The minimum atomic E-state index is -3.76. The Labute approximate surface area is 154 Å². The summed E-state index contributed by atoms with van der Waals surface area (Å²) in [6.45, 7) is 3.35. The Bertz CT molecular complexity index is 863. The maximum Gasteiger partial charge on any atom is 0.253 e. The van der Waals surface area contributed by atoms with Crippen molar-refractivity contribution in [2.45, 2.75) is 37.1 Å². The molecule has 0 unspecified atom stereocenters. The molecule has 1 aromatic heterocycles. The van der Waals surface area contributed by atoms with Crippen LogP contribution in [0.15, 0.2) is 53.6 Å². The second-order valence-corrected chi connectivity index (χ2v) is 8.08. The van der Waals surface area contributed by atoms with E-state index < -0.39 is 16.1 Å². The largest absolute Gasteiger partial charge is 0.339 e. The van der Waals surface area contributed by atoms with Crippen molar-refractivity contribution in [3.63, 3.8) is 0 Å². The summed E-state index contributed by atoms with van der Waals surface area (Å²) in [6, 6.07) is 11.2. The first kappa shape index (κ1) is 18.5. The Morgan fingerprint density at radius 2 is 1.96 bits per heavy atom. The van der Waals surface area contributed by atoms with Gasteiger partial charge in [0.2, 0.25) is 10.0 Å². The van der Waals surface area contributed by atoms with Crippen LogP contribution in [0.4, 0.5) is 0 Å². The molecule has 1 atom stereocenters. The third kappa shape index (κ3) is 4.11. The van der Waals surface area contributed by atoms with Gasteiger partial charge in [0.25, 0.3) is 5.91 Å². The highest BCUT2D eigenvalue weighted by Crippen LogP contribution is 2.20. The third-order valence-corrected chi connectivity index (χ3v) is 6.00. The number of sulfonamides is 1. The van der Waals surface area contributed by atoms with E-state index >= 15 is 0 Å². The Hall–Kier alpha value is -2.25. The smallest absolute Gasteiger partial charge is 0.253 e. The number of hydrogen-bond donors (Lipinski definition) is 1. The van der Waals surface area contributed by atoms with Crippen molar-refractivity contribution in [2.75, 3.05) is 13.1 Å². The summed E-state index contributed by atoms with van der Waals surface area (Å²) in [7, 11) is -3.76. The summed E-state index contributed by atoms with van der Waals surface area (Å²) in [5.41, 5.74) is 1.07. The van der Waals surface area contributed by atoms with E-state index in [-0.39, 0.29) is 10.8 Å². The number of benzene rings is 1. The van der Waals surface area contributed by atoms with Gasteiger partial charge in [0.15, 0.2) is 0 Å². The first-order chi connectivity index (χ1) is 12.5. The van der Waals surface area contributed by atoms with Gasteiger partial charge in [0.05, 0.1) is 16.6 Å². The van der Waals surface area contributed by atoms with Crippen molar-refractivity contribution in [1.29, 1.82) is 0 Å². The van der Waals surface area contributed by atoms with Crippen LogP contribution in [0.25, 0.3) is 0 Å². The molecule has 1 aliphatic rings. The van der Waals surface area contributed by atoms with Crippen molar-refractivity contribution in [3.05, 3.63) is 59.9 Å². The number of amides is 1. The summed E-state index contributed by atoms with van der Waals surface area (Å²) >= 11 is 0. The molecule has 1 amide bonds. The molecule has 2 heterocycles. The molecule has 0 radical (unpaired) electrons. The minimum Gasteiger partial charge on any atom is -0.339 e. The Balaban J connectivity index is 1.82. The number of rotatable bonds is 6. The predicted octanol–water partition coefficient (Wildman–Crippen LogP) is 2.75. The molecule has 7 heteroatoms. The van der Waals surface area contributed by atoms with Crippen molar-refractivity contribution in [1.82, 2.24) is 14.6 Å². The zero-order chi connectivity index (χ0) is 18.6. The second-order valence-electron chi connectivity index (χ2n) is 6.36. The standard InChI is InChI=1S/C19H23N3O3S/c1-2-17(18-10-3-4-11-20-18)21-26(24,25)16-9-7-8-15(14-16)19(23)22-12-5-6-13-22/h3-4,7-11,14,17,21H,2,5-6,12-13H2,1H3/t17-/m1/s1. The van der Waals surface area contributed by atoms with E-state index in [1.54, 1.807) is 35.4 Å². The van der Waals surface area contributed by atoms with E-state index in [2.05, 4.69) is 9.71 Å². The molecule has 1 aliphatic heterocycles. The molecule has 3 rings (SSSR count). The average molecular weight is 373 g/mol. The lowest BCUT2D eigenvalue weighted by atomic mass is 10.1. The summed E-state index contributed by atoms with van der Waals surface area (Å²) in [4.78, 5) is 18.6. The molecule has 0 saturated carbocycles. The van der Waals surface area contributed by atoms with Gasteiger partial charge in [-0.1, -0.05) is 19.1 Å². The Morgan fingerprint density at radius 1 is 1.19 bits per heavy atom. The molecule has 6 nitrogen and oxygen atoms in total. The molecule has 26 heavy (non-hydrogen) atoms. The van der Waals surface area contributed by atoms with Crippen LogP contribution in [-0.2, 0) is 10.0 Å². The SMILES string of the molecule is CC[C@@H](NS(=O)(=O)c1cccc(C(=O)N2CCCC2)c1)c1ccccn1. The highest BCUT2D eigenvalue weighted by Gasteiger charge is 2.24. The van der Waals surface area contributed by atoms with Gasteiger partial charge in [-0.2, -0.15) is 0 Å². The Kier molecular flexibility index (Phi) is 5.68. The number of nitrogens with zero attached hydrogens (tertiary/aromatic N) is 2. The van der Waals surface area contributed by atoms with Crippen LogP contribution >= 0.6 is 0 Å². The molecule has 0 aliphatic carbocycles. The van der Waals surface area contributed by atoms with Gasteiger partial charge >= 0.3 is 0 Å². The lowest BCUT2D eigenvalue weighted by Gasteiger charge is -2.18. The molecular formula is C19H23N3O3S. The van der Waals surface area contributed by atoms with Crippen molar-refractivity contribution in [2.24, 2.45) is 0 Å². The van der Waals surface area contributed by atoms with Crippen molar-refractivity contribution >= 4 is 15.9 Å². The van der Waals surface area contributed by atoms with Crippen LogP contribution < -0.4 is 4.72 Å². The highest BCUT2D eigenvalue weighted by atomic mass is 32.2. The van der Waals surface area contributed by atoms with Gasteiger partial charge in [-0.05, 0) is 49.6 Å². The van der Waals surface area contributed by atoms with Gasteiger partial charge in [0, 0.05) is 24.8 Å².